The number of unbranched alkanes of at least 4 members (excludes halogenated alkanes) is 1. The van der Waals surface area contributed by atoms with Gasteiger partial charge in [-0.1, -0.05) is 25.1 Å². The van der Waals surface area contributed by atoms with E-state index in [1.165, 1.54) is 9.13 Å². The molecule has 3 rings (SSSR count). The third-order valence-electron chi connectivity index (χ3n) is 5.53. The Morgan fingerprint density at radius 1 is 1.03 bits per heavy atom. The number of benzene rings is 1. The van der Waals surface area contributed by atoms with Gasteiger partial charge in [-0.05, 0) is 49.8 Å². The van der Waals surface area contributed by atoms with Crippen LogP contribution in [0.25, 0.3) is 10.9 Å². The molecule has 33 heavy (non-hydrogen) atoms. The molecule has 2 amide bonds. The van der Waals surface area contributed by atoms with E-state index in [1.54, 1.807) is 35.6 Å². The number of carbonyl (C=O) groups excluding carboxylic acids is 2. The highest BCUT2D eigenvalue weighted by molar-refractivity contribution is 7.09. The maximum Gasteiger partial charge on any atom is 0.331 e. The number of nitrogens with one attached hydrogen (secondary N) is 2. The Kier molecular flexibility index (Phi) is 8.59. The molecule has 0 aliphatic carbocycles. The second-order valence-electron chi connectivity index (χ2n) is 8.03. The van der Waals surface area contributed by atoms with Crippen molar-refractivity contribution in [1.29, 1.82) is 0 Å². The number of aromatic nitrogens is 2. The number of thiophene rings is 1. The van der Waals surface area contributed by atoms with Crippen LogP contribution >= 0.6 is 11.3 Å². The molecule has 0 aliphatic rings. The van der Waals surface area contributed by atoms with Crippen molar-refractivity contribution in [3.05, 3.63) is 67.5 Å². The fraction of sp³-hybridized carbons (Fsp3) is 0.417. The maximum atomic E-state index is 13.1. The summed E-state index contributed by atoms with van der Waals surface area (Å²) in [5.41, 5.74) is -0.451. The van der Waals surface area contributed by atoms with E-state index in [0.717, 1.165) is 11.3 Å². The monoisotopic (exact) mass is 470 g/mol. The third kappa shape index (κ3) is 6.41. The number of nitrogens with zero attached hydrogens (tertiary/aromatic N) is 2. The van der Waals surface area contributed by atoms with Gasteiger partial charge in [0.15, 0.2) is 0 Å². The summed E-state index contributed by atoms with van der Waals surface area (Å²) in [7, 11) is 0. The largest absolute Gasteiger partial charge is 0.352 e. The lowest BCUT2D eigenvalue weighted by atomic mass is 10.2. The summed E-state index contributed by atoms with van der Waals surface area (Å²) < 4.78 is 2.52. The minimum absolute atomic E-state index is 0.00339. The van der Waals surface area contributed by atoms with Crippen LogP contribution in [0.2, 0.25) is 0 Å². The van der Waals surface area contributed by atoms with Crippen LogP contribution in [0.15, 0.2) is 51.4 Å². The highest BCUT2D eigenvalue weighted by Gasteiger charge is 2.16. The Labute approximate surface area is 196 Å². The molecule has 9 heteroatoms. The molecule has 0 spiro atoms. The summed E-state index contributed by atoms with van der Waals surface area (Å²) in [6, 6.07) is 10.7. The van der Waals surface area contributed by atoms with Crippen LogP contribution in [-0.4, -0.2) is 27.0 Å². The predicted octanol–water partition coefficient (Wildman–Crippen LogP) is 2.63. The number of rotatable bonds is 11. The molecule has 2 heterocycles. The SMILES string of the molecule is CC[C@H](C)NC(=O)Cn1c(=O)n(CCCCC(=O)NCc2cccs2)c(=O)c2ccccc21. The van der Waals surface area contributed by atoms with Gasteiger partial charge in [-0.2, -0.15) is 0 Å². The van der Waals surface area contributed by atoms with Crippen molar-refractivity contribution in [3.8, 4) is 0 Å². The lowest BCUT2D eigenvalue weighted by Gasteiger charge is -2.16. The van der Waals surface area contributed by atoms with Crippen LogP contribution in [0.1, 0.15) is 44.4 Å². The second kappa shape index (κ2) is 11.6. The van der Waals surface area contributed by atoms with Crippen LogP contribution in [0, 0.1) is 0 Å². The van der Waals surface area contributed by atoms with E-state index in [9.17, 15) is 19.2 Å². The molecular formula is C24H30N4O4S. The predicted molar refractivity (Wildman–Crippen MR) is 130 cm³/mol. The number of hydrogen-bond donors (Lipinski definition) is 2. The van der Waals surface area contributed by atoms with Gasteiger partial charge in [-0.3, -0.25) is 23.5 Å². The molecule has 1 atom stereocenters. The van der Waals surface area contributed by atoms with E-state index in [0.29, 0.717) is 36.7 Å². The third-order valence-corrected chi connectivity index (χ3v) is 6.41. The van der Waals surface area contributed by atoms with Gasteiger partial charge >= 0.3 is 5.69 Å². The van der Waals surface area contributed by atoms with Gasteiger partial charge in [0, 0.05) is 23.9 Å². The fourth-order valence-corrected chi connectivity index (χ4v) is 4.17. The molecular weight excluding hydrogens is 440 g/mol. The van der Waals surface area contributed by atoms with E-state index in [-0.39, 0.29) is 36.5 Å². The smallest absolute Gasteiger partial charge is 0.331 e. The molecule has 1 aromatic carbocycles. The molecule has 0 saturated carbocycles. The van der Waals surface area contributed by atoms with Crippen molar-refractivity contribution in [3.63, 3.8) is 0 Å². The van der Waals surface area contributed by atoms with Crippen LogP contribution < -0.4 is 21.9 Å². The number of amides is 2. The first-order valence-corrected chi connectivity index (χ1v) is 12.1. The Morgan fingerprint density at radius 2 is 1.82 bits per heavy atom. The first-order valence-electron chi connectivity index (χ1n) is 11.2. The molecule has 176 valence electrons. The van der Waals surface area contributed by atoms with E-state index in [2.05, 4.69) is 10.6 Å². The van der Waals surface area contributed by atoms with Gasteiger partial charge in [0.2, 0.25) is 11.8 Å². The lowest BCUT2D eigenvalue weighted by molar-refractivity contribution is -0.122. The number of hydrogen-bond acceptors (Lipinski definition) is 5. The molecule has 2 N–H and O–H groups in total. The molecule has 0 aliphatic heterocycles. The number of para-hydroxylation sites is 1. The minimum Gasteiger partial charge on any atom is -0.352 e. The molecule has 0 fully saturated rings. The zero-order chi connectivity index (χ0) is 23.8. The van der Waals surface area contributed by atoms with Crippen LogP contribution in [-0.2, 0) is 29.2 Å². The number of carbonyl (C=O) groups is 2. The van der Waals surface area contributed by atoms with Gasteiger partial charge in [-0.25, -0.2) is 4.79 Å². The van der Waals surface area contributed by atoms with Crippen molar-refractivity contribution in [2.45, 2.75) is 65.2 Å². The Hall–Kier alpha value is -3.20. The van der Waals surface area contributed by atoms with Crippen molar-refractivity contribution >= 4 is 34.1 Å². The van der Waals surface area contributed by atoms with E-state index >= 15 is 0 Å². The van der Waals surface area contributed by atoms with Gasteiger partial charge in [-0.15, -0.1) is 11.3 Å². The zero-order valence-corrected chi connectivity index (χ0v) is 19.8. The van der Waals surface area contributed by atoms with Crippen LogP contribution in [0.4, 0.5) is 0 Å². The molecule has 8 nitrogen and oxygen atoms in total. The molecule has 3 aromatic rings. The van der Waals surface area contributed by atoms with Gasteiger partial charge < -0.3 is 10.6 Å². The lowest BCUT2D eigenvalue weighted by Crippen LogP contribution is -2.43. The summed E-state index contributed by atoms with van der Waals surface area (Å²) in [5.74, 6) is -0.336. The highest BCUT2D eigenvalue weighted by atomic mass is 32.1. The van der Waals surface area contributed by atoms with Gasteiger partial charge in [0.25, 0.3) is 5.56 Å². The summed E-state index contributed by atoms with van der Waals surface area (Å²) in [6.45, 7) is 4.40. The van der Waals surface area contributed by atoms with Gasteiger partial charge in [0.1, 0.15) is 6.54 Å². The summed E-state index contributed by atoms with van der Waals surface area (Å²) >= 11 is 1.59. The average Bonchev–Trinajstić information content (AvgIpc) is 3.33. The van der Waals surface area contributed by atoms with Crippen molar-refractivity contribution in [2.75, 3.05) is 0 Å². The topological polar surface area (TPSA) is 102 Å². The quantitative estimate of drug-likeness (QED) is 0.421. The molecule has 0 radical (unpaired) electrons. The summed E-state index contributed by atoms with van der Waals surface area (Å²) in [5, 5.41) is 8.09. The maximum absolute atomic E-state index is 13.1. The average molecular weight is 471 g/mol. The van der Waals surface area contributed by atoms with Crippen molar-refractivity contribution < 1.29 is 9.59 Å². The normalized spacial score (nSPS) is 11.9. The van der Waals surface area contributed by atoms with Crippen molar-refractivity contribution in [2.24, 2.45) is 0 Å². The fourth-order valence-electron chi connectivity index (χ4n) is 3.53. The zero-order valence-electron chi connectivity index (χ0n) is 19.0. The Bertz CT molecular complexity index is 1210. The highest BCUT2D eigenvalue weighted by Crippen LogP contribution is 2.09. The van der Waals surface area contributed by atoms with Crippen molar-refractivity contribution in [1.82, 2.24) is 19.8 Å². The molecule has 0 saturated heterocycles. The summed E-state index contributed by atoms with van der Waals surface area (Å²) in [4.78, 5) is 51.7. The summed E-state index contributed by atoms with van der Waals surface area (Å²) in [6.07, 6.45) is 2.14. The second-order valence-corrected chi connectivity index (χ2v) is 9.06. The first kappa shape index (κ1) is 24.4. The van der Waals surface area contributed by atoms with Crippen LogP contribution in [0.3, 0.4) is 0 Å². The standard InChI is InChI=1S/C24H30N4O4S/c1-3-17(2)26-22(30)16-28-20-11-5-4-10-19(20)23(31)27(24(28)32)13-7-6-12-21(29)25-15-18-9-8-14-33-18/h4-5,8-11,14,17H,3,6-7,12-13,15-16H2,1-2H3,(H,25,29)(H,26,30)/t17-/m0/s1. The molecule has 0 unspecified atom stereocenters. The van der Waals surface area contributed by atoms with Gasteiger partial charge in [0.05, 0.1) is 17.4 Å². The Morgan fingerprint density at radius 3 is 2.55 bits per heavy atom. The van der Waals surface area contributed by atoms with E-state index < -0.39 is 5.69 Å². The molecule has 2 aromatic heterocycles. The molecule has 0 bridgehead atoms. The minimum atomic E-state index is -0.514. The van der Waals surface area contributed by atoms with E-state index in [1.807, 2.05) is 31.4 Å². The number of fused-ring (bicyclic) bond motifs is 1. The van der Waals surface area contributed by atoms with Crippen LogP contribution in [0.5, 0.6) is 0 Å². The first-order chi connectivity index (χ1) is 15.9. The Balaban J connectivity index is 1.69. The van der Waals surface area contributed by atoms with E-state index in [4.69, 9.17) is 0 Å².